The van der Waals surface area contributed by atoms with Gasteiger partial charge >= 0.3 is 12.0 Å². The summed E-state index contributed by atoms with van der Waals surface area (Å²) in [6.45, 7) is 6.98. The minimum absolute atomic E-state index is 0.112. The standard InChI is InChI=1S/C22H27N3O4/c1-12(2)23-22(28)25-20(26)14(4)29-21(27)19-15-7-5-6-8-17(15)24-18-10-9-13(3)11-16(18)19/h9-12,14H,5-8H2,1-4H3,(H2,23,25,26,28). The number of esters is 1. The number of carbonyl (C=O) groups excluding carboxylic acids is 3. The van der Waals surface area contributed by atoms with Crippen LogP contribution in [0.2, 0.25) is 0 Å². The average Bonchev–Trinajstić information content (AvgIpc) is 2.65. The summed E-state index contributed by atoms with van der Waals surface area (Å²) in [7, 11) is 0. The third kappa shape index (κ3) is 4.72. The fourth-order valence-corrected chi connectivity index (χ4v) is 3.56. The van der Waals surface area contributed by atoms with Crippen LogP contribution in [0.1, 0.15) is 60.8 Å². The van der Waals surface area contributed by atoms with Crippen LogP contribution >= 0.6 is 0 Å². The van der Waals surface area contributed by atoms with E-state index in [4.69, 9.17) is 9.72 Å². The molecule has 0 radical (unpaired) electrons. The van der Waals surface area contributed by atoms with Gasteiger partial charge in [0.15, 0.2) is 6.10 Å². The van der Waals surface area contributed by atoms with Crippen molar-refractivity contribution < 1.29 is 19.1 Å². The molecule has 2 aromatic rings. The first-order chi connectivity index (χ1) is 13.8. The fourth-order valence-electron chi connectivity index (χ4n) is 3.56. The molecule has 1 aromatic carbocycles. The molecule has 1 aliphatic rings. The zero-order chi connectivity index (χ0) is 21.1. The molecule has 0 fully saturated rings. The van der Waals surface area contributed by atoms with Gasteiger partial charge in [0.05, 0.1) is 11.1 Å². The van der Waals surface area contributed by atoms with Gasteiger partial charge in [-0.25, -0.2) is 9.59 Å². The Bertz CT molecular complexity index is 968. The average molecular weight is 397 g/mol. The number of rotatable bonds is 4. The van der Waals surface area contributed by atoms with E-state index >= 15 is 0 Å². The molecule has 0 spiro atoms. The molecule has 7 heteroatoms. The van der Waals surface area contributed by atoms with E-state index in [0.29, 0.717) is 5.56 Å². The lowest BCUT2D eigenvalue weighted by Gasteiger charge is -2.21. The van der Waals surface area contributed by atoms with Crippen LogP contribution in [0.4, 0.5) is 4.79 Å². The van der Waals surface area contributed by atoms with E-state index in [1.807, 2.05) is 25.1 Å². The predicted octanol–water partition coefficient (Wildman–Crippen LogP) is 3.20. The number of hydrogen-bond donors (Lipinski definition) is 2. The third-order valence-electron chi connectivity index (χ3n) is 4.93. The third-order valence-corrected chi connectivity index (χ3v) is 4.93. The normalized spacial score (nSPS) is 14.2. The summed E-state index contributed by atoms with van der Waals surface area (Å²) in [6.07, 6.45) is 2.50. The Morgan fingerprint density at radius 1 is 1.10 bits per heavy atom. The van der Waals surface area contributed by atoms with Gasteiger partial charge in [-0.1, -0.05) is 11.6 Å². The largest absolute Gasteiger partial charge is 0.449 e. The first-order valence-corrected chi connectivity index (χ1v) is 10.0. The van der Waals surface area contributed by atoms with Crippen molar-refractivity contribution in [3.63, 3.8) is 0 Å². The van der Waals surface area contributed by atoms with Crippen molar-refractivity contribution in [1.29, 1.82) is 0 Å². The summed E-state index contributed by atoms with van der Waals surface area (Å²) in [6, 6.07) is 5.06. The van der Waals surface area contributed by atoms with Crippen LogP contribution < -0.4 is 10.6 Å². The minimum Gasteiger partial charge on any atom is -0.449 e. The predicted molar refractivity (Wildman–Crippen MR) is 110 cm³/mol. The number of aromatic nitrogens is 1. The van der Waals surface area contributed by atoms with E-state index in [2.05, 4.69) is 10.6 Å². The number of imide groups is 1. The van der Waals surface area contributed by atoms with E-state index in [0.717, 1.165) is 53.4 Å². The number of benzene rings is 1. The highest BCUT2D eigenvalue weighted by atomic mass is 16.5. The lowest BCUT2D eigenvalue weighted by Crippen LogP contribution is -2.46. The van der Waals surface area contributed by atoms with Crippen molar-refractivity contribution in [1.82, 2.24) is 15.6 Å². The number of carbonyl (C=O) groups is 3. The molecule has 0 saturated heterocycles. The van der Waals surface area contributed by atoms with Crippen molar-refractivity contribution in [2.45, 2.75) is 65.5 Å². The summed E-state index contributed by atoms with van der Waals surface area (Å²) in [5, 5.41) is 5.50. The Morgan fingerprint density at radius 3 is 2.55 bits per heavy atom. The molecule has 0 saturated carbocycles. The molecule has 1 aliphatic carbocycles. The SMILES string of the molecule is Cc1ccc2nc3c(c(C(=O)OC(C)C(=O)NC(=O)NC(C)C)c2c1)CCCC3. The topological polar surface area (TPSA) is 97.4 Å². The molecule has 2 N–H and O–H groups in total. The number of fused-ring (bicyclic) bond motifs is 2. The van der Waals surface area contributed by atoms with Crippen molar-refractivity contribution in [3.8, 4) is 0 Å². The molecule has 0 aliphatic heterocycles. The first kappa shape index (κ1) is 20.8. The molecule has 3 amide bonds. The van der Waals surface area contributed by atoms with Gasteiger partial charge in [-0.3, -0.25) is 15.1 Å². The maximum Gasteiger partial charge on any atom is 0.339 e. The van der Waals surface area contributed by atoms with E-state index in [1.165, 1.54) is 6.92 Å². The van der Waals surface area contributed by atoms with Gasteiger partial charge in [0.25, 0.3) is 5.91 Å². The molecular weight excluding hydrogens is 370 g/mol. The highest BCUT2D eigenvalue weighted by Crippen LogP contribution is 2.30. The van der Waals surface area contributed by atoms with Crippen molar-refractivity contribution in [2.24, 2.45) is 0 Å². The fraction of sp³-hybridized carbons (Fsp3) is 0.455. The zero-order valence-electron chi connectivity index (χ0n) is 17.3. The number of hydrogen-bond acceptors (Lipinski definition) is 5. The smallest absolute Gasteiger partial charge is 0.339 e. The van der Waals surface area contributed by atoms with Crippen molar-refractivity contribution in [2.75, 3.05) is 0 Å². The first-order valence-electron chi connectivity index (χ1n) is 10.0. The highest BCUT2D eigenvalue weighted by Gasteiger charge is 2.27. The second-order valence-electron chi connectivity index (χ2n) is 7.80. The second-order valence-corrected chi connectivity index (χ2v) is 7.80. The number of nitrogens with one attached hydrogen (secondary N) is 2. The molecule has 0 bridgehead atoms. The summed E-state index contributed by atoms with van der Waals surface area (Å²) in [4.78, 5) is 41.8. The molecule has 7 nitrogen and oxygen atoms in total. The van der Waals surface area contributed by atoms with Crippen LogP contribution in [0.5, 0.6) is 0 Å². The van der Waals surface area contributed by atoms with E-state index in [9.17, 15) is 14.4 Å². The molecule has 29 heavy (non-hydrogen) atoms. The van der Waals surface area contributed by atoms with Gasteiger partial charge in [-0.2, -0.15) is 0 Å². The number of aryl methyl sites for hydroxylation is 2. The molecule has 1 heterocycles. The minimum atomic E-state index is -1.10. The van der Waals surface area contributed by atoms with E-state index in [-0.39, 0.29) is 6.04 Å². The van der Waals surface area contributed by atoms with Gasteiger partial charge in [-0.15, -0.1) is 0 Å². The summed E-state index contributed by atoms with van der Waals surface area (Å²) < 4.78 is 5.46. The lowest BCUT2D eigenvalue weighted by atomic mass is 9.89. The van der Waals surface area contributed by atoms with Crippen molar-refractivity contribution >= 4 is 28.8 Å². The van der Waals surface area contributed by atoms with Crippen LogP contribution in [0, 0.1) is 6.92 Å². The number of pyridine rings is 1. The van der Waals surface area contributed by atoms with Crippen molar-refractivity contribution in [3.05, 3.63) is 40.6 Å². The molecule has 3 rings (SSSR count). The van der Waals surface area contributed by atoms with Crippen LogP contribution in [0.15, 0.2) is 18.2 Å². The number of urea groups is 1. The van der Waals surface area contributed by atoms with Gasteiger partial charge in [0.2, 0.25) is 0 Å². The van der Waals surface area contributed by atoms with E-state index in [1.54, 1.807) is 13.8 Å². The Morgan fingerprint density at radius 2 is 1.83 bits per heavy atom. The van der Waals surface area contributed by atoms with Gasteiger partial charge < -0.3 is 10.1 Å². The molecule has 1 unspecified atom stereocenters. The Balaban J connectivity index is 1.87. The summed E-state index contributed by atoms with van der Waals surface area (Å²) in [5.74, 6) is -1.23. The highest BCUT2D eigenvalue weighted by molar-refractivity contribution is 6.06. The molecule has 1 atom stereocenters. The van der Waals surface area contributed by atoms with E-state index < -0.39 is 24.0 Å². The zero-order valence-corrected chi connectivity index (χ0v) is 17.3. The Kier molecular flexibility index (Phi) is 6.15. The number of nitrogens with zero attached hydrogens (tertiary/aromatic N) is 1. The lowest BCUT2D eigenvalue weighted by molar-refractivity contribution is -0.127. The molecule has 1 aromatic heterocycles. The number of ether oxygens (including phenoxy) is 1. The van der Waals surface area contributed by atoms with Crippen LogP contribution in [-0.2, 0) is 22.4 Å². The second kappa shape index (κ2) is 8.59. The van der Waals surface area contributed by atoms with Gasteiger partial charge in [0, 0.05) is 17.1 Å². The van der Waals surface area contributed by atoms with Gasteiger partial charge in [-0.05, 0) is 71.1 Å². The monoisotopic (exact) mass is 397 g/mol. The quantitative estimate of drug-likeness (QED) is 0.772. The van der Waals surface area contributed by atoms with Crippen LogP contribution in [0.3, 0.4) is 0 Å². The van der Waals surface area contributed by atoms with Crippen LogP contribution in [0.25, 0.3) is 10.9 Å². The number of amides is 3. The summed E-state index contributed by atoms with van der Waals surface area (Å²) >= 11 is 0. The Hall–Kier alpha value is -2.96. The van der Waals surface area contributed by atoms with Crippen LogP contribution in [-0.4, -0.2) is 35.0 Å². The maximum atomic E-state index is 13.1. The Labute approximate surface area is 170 Å². The van der Waals surface area contributed by atoms with Gasteiger partial charge in [0.1, 0.15) is 0 Å². The maximum absolute atomic E-state index is 13.1. The molecular formula is C22H27N3O4. The molecule has 154 valence electrons. The summed E-state index contributed by atoms with van der Waals surface area (Å²) in [5.41, 5.74) is 4.08.